The third-order valence-corrected chi connectivity index (χ3v) is 13.8. The molecule has 2 atom stereocenters. The summed E-state index contributed by atoms with van der Waals surface area (Å²) in [6.45, 7) is 18.1. The van der Waals surface area contributed by atoms with Crippen LogP contribution in [0.5, 0.6) is 0 Å². The highest BCUT2D eigenvalue weighted by atomic mass is 16.4. The summed E-state index contributed by atoms with van der Waals surface area (Å²) in [5.41, 5.74) is 17.0. The summed E-state index contributed by atoms with van der Waals surface area (Å²) in [7, 11) is 5.64. The lowest BCUT2D eigenvalue weighted by Gasteiger charge is -2.17. The van der Waals surface area contributed by atoms with Crippen molar-refractivity contribution >= 4 is 56.8 Å². The second kappa shape index (κ2) is 22.9. The van der Waals surface area contributed by atoms with E-state index in [-0.39, 0.29) is 37.9 Å². The van der Waals surface area contributed by atoms with Gasteiger partial charge in [-0.15, -0.1) is 0 Å². The summed E-state index contributed by atoms with van der Waals surface area (Å²) < 4.78 is 5.65. The molecule has 0 unspecified atom stereocenters. The van der Waals surface area contributed by atoms with Crippen LogP contribution in [0.2, 0.25) is 0 Å². The molecule has 11 heteroatoms. The molecule has 368 valence electrons. The van der Waals surface area contributed by atoms with Crippen molar-refractivity contribution in [1.82, 2.24) is 24.3 Å². The molecular formula is C59H71N5O6. The van der Waals surface area contributed by atoms with Gasteiger partial charge in [0.2, 0.25) is 0 Å². The second-order valence-electron chi connectivity index (χ2n) is 18.6. The Morgan fingerprint density at radius 1 is 0.514 bits per heavy atom. The van der Waals surface area contributed by atoms with Crippen molar-refractivity contribution in [2.45, 2.75) is 101 Å². The minimum atomic E-state index is -0.869. The SMILES string of the molecule is C.Cc1cc2c(C)c(C(=O)N[C@H](CC=O)Cc3ccccc3)n(C)c2cc1C.Cc1cc2c(C)c(C(=O)N[C@H](CO)Cc3ccccc3)n(C)c2cc1C.Cc1cc2c(C)c(C(=O)O)n(C)c2cc1C. The third-order valence-electron chi connectivity index (χ3n) is 13.8. The lowest BCUT2D eigenvalue weighted by atomic mass is 10.0. The lowest BCUT2D eigenvalue weighted by Crippen LogP contribution is -2.40. The Morgan fingerprint density at radius 3 is 1.17 bits per heavy atom. The molecule has 0 saturated carbocycles. The van der Waals surface area contributed by atoms with Crippen LogP contribution in [0.1, 0.15) is 107 Å². The van der Waals surface area contributed by atoms with Gasteiger partial charge in [0.15, 0.2) is 0 Å². The van der Waals surface area contributed by atoms with E-state index in [0.29, 0.717) is 36.3 Å². The molecule has 8 aromatic rings. The topological polar surface area (TPSA) is 148 Å². The predicted octanol–water partition coefficient (Wildman–Crippen LogP) is 10.9. The number of carbonyl (C=O) groups is 4. The standard InChI is InChI=1S/C23H26N2O2.C22H26N2O2.C13H15NO2.CH4/c1-15-12-20-17(3)22(25(4)21(20)13-16(15)2)23(27)24-19(10-11-26)14-18-8-6-5-7-9-18;1-14-10-19-16(3)21(24(4)20(19)11-15(14)2)22(26)23-18(13-25)12-17-8-6-5-7-9-17;1-7-5-10-9(3)12(13(15)16)14(4)11(10)6-8(7)2;/h5-9,11-13,19H,10,14H2,1-4H3,(H,24,27);5-11,18,25H,12-13H2,1-4H3,(H,23,26);5-6H,1-4H3,(H,15,16);1H4/t19-;18-;;/m10../s1. The van der Waals surface area contributed by atoms with E-state index >= 15 is 0 Å². The number of amides is 2. The molecule has 5 aromatic carbocycles. The van der Waals surface area contributed by atoms with E-state index in [0.717, 1.165) is 66.8 Å². The molecule has 0 saturated heterocycles. The Morgan fingerprint density at radius 2 is 0.829 bits per heavy atom. The summed E-state index contributed by atoms with van der Waals surface area (Å²) in [6.07, 6.45) is 2.40. The fraction of sp³-hybridized carbons (Fsp3) is 0.322. The van der Waals surface area contributed by atoms with Crippen LogP contribution in [0.15, 0.2) is 97.1 Å². The Bertz CT molecular complexity index is 3060. The zero-order valence-corrected chi connectivity index (χ0v) is 42.2. The first-order valence-corrected chi connectivity index (χ1v) is 23.4. The molecule has 3 aromatic heterocycles. The van der Waals surface area contributed by atoms with Gasteiger partial charge in [0.25, 0.3) is 11.8 Å². The van der Waals surface area contributed by atoms with Gasteiger partial charge in [-0.2, -0.15) is 0 Å². The first-order valence-electron chi connectivity index (χ1n) is 23.4. The average molecular weight is 946 g/mol. The van der Waals surface area contributed by atoms with Gasteiger partial charge >= 0.3 is 5.97 Å². The van der Waals surface area contributed by atoms with Gasteiger partial charge in [0.05, 0.1) is 12.6 Å². The molecule has 0 aliphatic carbocycles. The Hall–Kier alpha value is -7.24. The number of carboxylic acid groups (broad SMARTS) is 1. The van der Waals surface area contributed by atoms with E-state index in [9.17, 15) is 24.3 Å². The van der Waals surface area contributed by atoms with E-state index in [1.807, 2.05) is 125 Å². The number of hydrogen-bond donors (Lipinski definition) is 4. The summed E-state index contributed by atoms with van der Waals surface area (Å²) in [5.74, 6) is -1.15. The number of fused-ring (bicyclic) bond motifs is 3. The maximum Gasteiger partial charge on any atom is 0.352 e. The van der Waals surface area contributed by atoms with Crippen molar-refractivity contribution in [3.05, 3.63) is 175 Å². The molecule has 0 aliphatic heterocycles. The number of carboxylic acids is 1. The van der Waals surface area contributed by atoms with Gasteiger partial charge in [0, 0.05) is 66.3 Å². The fourth-order valence-electron chi connectivity index (χ4n) is 9.36. The third kappa shape index (κ3) is 11.4. The van der Waals surface area contributed by atoms with Crippen molar-refractivity contribution in [1.29, 1.82) is 0 Å². The number of rotatable bonds is 12. The Balaban J connectivity index is 0.000000200. The van der Waals surface area contributed by atoms with E-state index in [1.54, 1.807) is 11.6 Å². The first-order chi connectivity index (χ1) is 32.8. The number of aliphatic hydroxyl groups excluding tert-OH is 1. The van der Waals surface area contributed by atoms with Crippen LogP contribution in [-0.2, 0) is 38.8 Å². The molecule has 2 amide bonds. The number of nitrogens with one attached hydrogen (secondary N) is 2. The number of carbonyl (C=O) groups excluding carboxylic acids is 3. The van der Waals surface area contributed by atoms with Gasteiger partial charge in [-0.1, -0.05) is 68.1 Å². The zero-order valence-electron chi connectivity index (χ0n) is 42.2. The van der Waals surface area contributed by atoms with Gasteiger partial charge in [-0.25, -0.2) is 4.79 Å². The van der Waals surface area contributed by atoms with Crippen molar-refractivity contribution in [2.24, 2.45) is 21.1 Å². The number of aryl methyl sites for hydroxylation is 12. The number of benzene rings is 5. The van der Waals surface area contributed by atoms with Gasteiger partial charge in [-0.3, -0.25) is 9.59 Å². The average Bonchev–Trinajstić information content (AvgIpc) is 3.80. The number of nitrogens with zero attached hydrogens (tertiary/aromatic N) is 3. The second-order valence-corrected chi connectivity index (χ2v) is 18.6. The maximum absolute atomic E-state index is 13.1. The minimum absolute atomic E-state index is 0. The highest BCUT2D eigenvalue weighted by Gasteiger charge is 2.24. The molecule has 70 heavy (non-hydrogen) atoms. The molecular weight excluding hydrogens is 875 g/mol. The van der Waals surface area contributed by atoms with Crippen molar-refractivity contribution < 1.29 is 29.4 Å². The number of aldehydes is 1. The van der Waals surface area contributed by atoms with E-state index < -0.39 is 5.97 Å². The molecule has 0 fully saturated rings. The van der Waals surface area contributed by atoms with Crippen LogP contribution in [0, 0.1) is 62.3 Å². The molecule has 0 bridgehead atoms. The highest BCUT2D eigenvalue weighted by molar-refractivity contribution is 6.03. The monoisotopic (exact) mass is 946 g/mol. The smallest absolute Gasteiger partial charge is 0.352 e. The molecule has 4 N–H and O–H groups in total. The summed E-state index contributed by atoms with van der Waals surface area (Å²) >= 11 is 0. The van der Waals surface area contributed by atoms with Crippen LogP contribution in [0.25, 0.3) is 32.7 Å². The van der Waals surface area contributed by atoms with Crippen molar-refractivity contribution in [3.8, 4) is 0 Å². The molecule has 3 heterocycles. The van der Waals surface area contributed by atoms with Crippen LogP contribution in [0.4, 0.5) is 0 Å². The van der Waals surface area contributed by atoms with Crippen LogP contribution >= 0.6 is 0 Å². The van der Waals surface area contributed by atoms with Crippen LogP contribution in [0.3, 0.4) is 0 Å². The molecule has 0 spiro atoms. The van der Waals surface area contributed by atoms with E-state index in [4.69, 9.17) is 5.11 Å². The Labute approximate surface area is 413 Å². The first kappa shape index (κ1) is 53.7. The number of aromatic nitrogens is 3. The van der Waals surface area contributed by atoms with E-state index in [1.165, 1.54) is 33.4 Å². The zero-order chi connectivity index (χ0) is 50.4. The van der Waals surface area contributed by atoms with Crippen molar-refractivity contribution in [2.75, 3.05) is 6.61 Å². The van der Waals surface area contributed by atoms with Gasteiger partial charge in [-0.05, 0) is 173 Å². The van der Waals surface area contributed by atoms with Crippen LogP contribution in [-0.4, -0.2) is 66.7 Å². The largest absolute Gasteiger partial charge is 0.477 e. The lowest BCUT2D eigenvalue weighted by molar-refractivity contribution is -0.108. The van der Waals surface area contributed by atoms with E-state index in [2.05, 4.69) is 68.7 Å². The highest BCUT2D eigenvalue weighted by Crippen LogP contribution is 2.30. The summed E-state index contributed by atoms with van der Waals surface area (Å²) in [6, 6.07) is 31.9. The Kier molecular flexibility index (Phi) is 17.6. The normalized spacial score (nSPS) is 11.8. The maximum atomic E-state index is 13.1. The quantitative estimate of drug-likeness (QED) is 0.0897. The van der Waals surface area contributed by atoms with Crippen molar-refractivity contribution in [3.63, 3.8) is 0 Å². The fourth-order valence-corrected chi connectivity index (χ4v) is 9.36. The predicted molar refractivity (Wildman–Crippen MR) is 286 cm³/mol. The molecule has 0 aliphatic rings. The summed E-state index contributed by atoms with van der Waals surface area (Å²) in [4.78, 5) is 48.3. The number of hydrogen-bond acceptors (Lipinski definition) is 5. The van der Waals surface area contributed by atoms with Crippen LogP contribution < -0.4 is 10.6 Å². The van der Waals surface area contributed by atoms with Gasteiger partial charge < -0.3 is 39.3 Å². The minimum Gasteiger partial charge on any atom is -0.477 e. The molecule has 0 radical (unpaired) electrons. The van der Waals surface area contributed by atoms with Gasteiger partial charge in [0.1, 0.15) is 23.4 Å². The molecule has 11 nitrogen and oxygen atoms in total. The summed E-state index contributed by atoms with van der Waals surface area (Å²) in [5, 5.41) is 28.2. The number of aliphatic hydroxyl groups is 1. The molecule has 8 rings (SSSR count). The number of aromatic carboxylic acids is 1.